The Hall–Kier alpha value is -1.26. The van der Waals surface area contributed by atoms with Gasteiger partial charge < -0.3 is 15.7 Å². The number of amides is 2. The molecule has 0 spiro atoms. The fourth-order valence-corrected chi connectivity index (χ4v) is 3.22. The van der Waals surface area contributed by atoms with E-state index >= 15 is 0 Å². The number of hydrogen-bond donors (Lipinski definition) is 3. The molecule has 0 aliphatic rings. The summed E-state index contributed by atoms with van der Waals surface area (Å²) in [6.07, 6.45) is 21.4. The summed E-state index contributed by atoms with van der Waals surface area (Å²) >= 11 is 0. The molecule has 0 saturated carbocycles. The van der Waals surface area contributed by atoms with E-state index in [9.17, 15) is 9.59 Å². The van der Waals surface area contributed by atoms with Crippen LogP contribution in [0.5, 0.6) is 0 Å². The molecule has 27 heavy (non-hydrogen) atoms. The van der Waals surface area contributed by atoms with Gasteiger partial charge in [0.15, 0.2) is 0 Å². The lowest BCUT2D eigenvalue weighted by Crippen LogP contribution is -2.37. The third-order valence-corrected chi connectivity index (χ3v) is 4.94. The maximum absolute atomic E-state index is 11.4. The van der Waals surface area contributed by atoms with Gasteiger partial charge in [-0.3, -0.25) is 4.79 Å². The number of aliphatic carboxylic acids is 1. The summed E-state index contributed by atoms with van der Waals surface area (Å²) in [7, 11) is 0. The van der Waals surface area contributed by atoms with E-state index in [1.165, 1.54) is 89.9 Å². The maximum Gasteiger partial charge on any atom is 0.314 e. The van der Waals surface area contributed by atoms with E-state index in [4.69, 9.17) is 5.11 Å². The van der Waals surface area contributed by atoms with Crippen LogP contribution in [0.2, 0.25) is 0 Å². The molecule has 0 aliphatic heterocycles. The number of carboxylic acids is 1. The molecule has 3 N–H and O–H groups in total. The number of urea groups is 1. The van der Waals surface area contributed by atoms with Crippen molar-refractivity contribution in [2.24, 2.45) is 0 Å². The summed E-state index contributed by atoms with van der Waals surface area (Å²) in [5.74, 6) is -0.895. The van der Waals surface area contributed by atoms with Crippen molar-refractivity contribution in [3.05, 3.63) is 0 Å². The van der Waals surface area contributed by atoms with E-state index in [2.05, 4.69) is 17.6 Å². The van der Waals surface area contributed by atoms with Crippen LogP contribution < -0.4 is 10.6 Å². The lowest BCUT2D eigenvalue weighted by molar-refractivity contribution is -0.136. The average Bonchev–Trinajstić information content (AvgIpc) is 2.64. The number of nitrogens with one attached hydrogen (secondary N) is 2. The van der Waals surface area contributed by atoms with Gasteiger partial charge in [0.25, 0.3) is 0 Å². The molecule has 160 valence electrons. The maximum atomic E-state index is 11.4. The molecule has 0 fully saturated rings. The number of carboxylic acid groups (broad SMARTS) is 1. The molecule has 0 unspecified atom stereocenters. The van der Waals surface area contributed by atoms with Crippen molar-refractivity contribution < 1.29 is 14.7 Å². The van der Waals surface area contributed by atoms with Gasteiger partial charge in [0.1, 0.15) is 0 Å². The molecule has 0 atom stereocenters. The van der Waals surface area contributed by atoms with Crippen LogP contribution in [0, 0.1) is 0 Å². The van der Waals surface area contributed by atoms with Crippen molar-refractivity contribution >= 4 is 12.0 Å². The summed E-state index contributed by atoms with van der Waals surface area (Å²) in [5.41, 5.74) is 0. The first-order valence-corrected chi connectivity index (χ1v) is 11.4. The van der Waals surface area contributed by atoms with E-state index in [1.54, 1.807) is 0 Å². The molecule has 0 saturated heterocycles. The first kappa shape index (κ1) is 25.7. The Balaban J connectivity index is 3.10. The summed E-state index contributed by atoms with van der Waals surface area (Å²) in [6, 6.07) is -0.266. The highest BCUT2D eigenvalue weighted by molar-refractivity contribution is 5.74. The van der Waals surface area contributed by atoms with Crippen LogP contribution in [-0.2, 0) is 4.79 Å². The molecule has 0 radical (unpaired) electrons. The molecule has 0 aliphatic carbocycles. The van der Waals surface area contributed by atoms with Gasteiger partial charge in [-0.1, -0.05) is 103 Å². The minimum absolute atomic E-state index is 0.0353. The van der Waals surface area contributed by atoms with E-state index < -0.39 is 5.97 Å². The molecular weight excluding hydrogens is 340 g/mol. The topological polar surface area (TPSA) is 78.4 Å². The minimum atomic E-state index is -0.895. The van der Waals surface area contributed by atoms with E-state index in [0.29, 0.717) is 6.54 Å². The van der Waals surface area contributed by atoms with Gasteiger partial charge in [-0.25, -0.2) is 4.79 Å². The summed E-state index contributed by atoms with van der Waals surface area (Å²) in [6.45, 7) is 3.12. The molecular formula is C22H44N2O3. The van der Waals surface area contributed by atoms with Crippen LogP contribution in [0.1, 0.15) is 116 Å². The predicted octanol–water partition coefficient (Wildman–Crippen LogP) is 6.02. The molecule has 5 heteroatoms. The zero-order chi connectivity index (χ0) is 20.0. The number of carbonyl (C=O) groups excluding carboxylic acids is 1. The first-order valence-electron chi connectivity index (χ1n) is 11.4. The molecule has 0 rings (SSSR count). The van der Waals surface area contributed by atoms with Crippen molar-refractivity contribution in [1.82, 2.24) is 10.6 Å². The van der Waals surface area contributed by atoms with Gasteiger partial charge in [0.05, 0.1) is 6.42 Å². The van der Waals surface area contributed by atoms with Crippen LogP contribution in [0.3, 0.4) is 0 Å². The Morgan fingerprint density at radius 2 is 0.963 bits per heavy atom. The van der Waals surface area contributed by atoms with Crippen molar-refractivity contribution in [3.8, 4) is 0 Å². The fraction of sp³-hybridized carbons (Fsp3) is 0.909. The minimum Gasteiger partial charge on any atom is -0.481 e. The molecule has 0 heterocycles. The van der Waals surface area contributed by atoms with Crippen LogP contribution in [0.15, 0.2) is 0 Å². The van der Waals surface area contributed by atoms with Crippen molar-refractivity contribution in [1.29, 1.82) is 0 Å². The Morgan fingerprint density at radius 1 is 0.593 bits per heavy atom. The Labute approximate surface area is 167 Å². The third-order valence-electron chi connectivity index (χ3n) is 4.94. The highest BCUT2D eigenvalue weighted by Gasteiger charge is 2.01. The fourth-order valence-electron chi connectivity index (χ4n) is 3.22. The first-order chi connectivity index (χ1) is 13.2. The molecule has 0 aromatic rings. The molecule has 0 aromatic carbocycles. The van der Waals surface area contributed by atoms with Crippen molar-refractivity contribution in [2.75, 3.05) is 13.1 Å². The van der Waals surface area contributed by atoms with E-state index in [0.717, 1.165) is 12.8 Å². The molecule has 0 aromatic heterocycles. The lowest BCUT2D eigenvalue weighted by Gasteiger charge is -2.06. The monoisotopic (exact) mass is 384 g/mol. The van der Waals surface area contributed by atoms with Gasteiger partial charge >= 0.3 is 12.0 Å². The van der Waals surface area contributed by atoms with Gasteiger partial charge in [-0.15, -0.1) is 0 Å². The number of unbranched alkanes of at least 4 members (excludes halogenated alkanes) is 15. The van der Waals surface area contributed by atoms with Crippen LogP contribution in [0.25, 0.3) is 0 Å². The van der Waals surface area contributed by atoms with Crippen molar-refractivity contribution in [2.45, 2.75) is 116 Å². The highest BCUT2D eigenvalue weighted by atomic mass is 16.4. The summed E-state index contributed by atoms with van der Waals surface area (Å²) < 4.78 is 0. The molecule has 5 nitrogen and oxygen atoms in total. The normalized spacial score (nSPS) is 10.7. The second kappa shape index (κ2) is 21.0. The van der Waals surface area contributed by atoms with Crippen LogP contribution >= 0.6 is 0 Å². The van der Waals surface area contributed by atoms with E-state index in [1.807, 2.05) is 0 Å². The van der Waals surface area contributed by atoms with Gasteiger partial charge in [-0.2, -0.15) is 0 Å². The van der Waals surface area contributed by atoms with Crippen LogP contribution in [0.4, 0.5) is 4.79 Å². The zero-order valence-electron chi connectivity index (χ0n) is 17.7. The Kier molecular flexibility index (Phi) is 20.1. The van der Waals surface area contributed by atoms with Crippen LogP contribution in [-0.4, -0.2) is 30.2 Å². The molecule has 0 bridgehead atoms. The summed E-state index contributed by atoms with van der Waals surface area (Å²) in [4.78, 5) is 21.7. The Bertz CT molecular complexity index is 348. The largest absolute Gasteiger partial charge is 0.481 e. The predicted molar refractivity (Wildman–Crippen MR) is 113 cm³/mol. The van der Waals surface area contributed by atoms with Gasteiger partial charge in [-0.05, 0) is 6.42 Å². The number of carbonyl (C=O) groups is 2. The van der Waals surface area contributed by atoms with Crippen molar-refractivity contribution in [3.63, 3.8) is 0 Å². The third kappa shape index (κ3) is 22.7. The molecule has 2 amide bonds. The SMILES string of the molecule is CCCCCCCCCCCCCCCCCCNC(=O)NCCC(=O)O. The Morgan fingerprint density at radius 3 is 1.37 bits per heavy atom. The summed E-state index contributed by atoms with van der Waals surface area (Å²) in [5, 5.41) is 13.8. The zero-order valence-corrected chi connectivity index (χ0v) is 17.7. The smallest absolute Gasteiger partial charge is 0.314 e. The average molecular weight is 385 g/mol. The van der Waals surface area contributed by atoms with E-state index in [-0.39, 0.29) is 19.0 Å². The second-order valence-electron chi connectivity index (χ2n) is 7.63. The standard InChI is InChI=1S/C22H44N2O3/c1-2-3-4-5-6-7-8-9-10-11-12-13-14-15-16-17-19-23-22(27)24-20-18-21(25)26/h2-20H2,1H3,(H,25,26)(H2,23,24,27). The number of rotatable bonds is 20. The highest BCUT2D eigenvalue weighted by Crippen LogP contribution is 2.13. The second-order valence-corrected chi connectivity index (χ2v) is 7.63. The van der Waals surface area contributed by atoms with Gasteiger partial charge in [0, 0.05) is 13.1 Å². The number of hydrogen-bond acceptors (Lipinski definition) is 2. The van der Waals surface area contributed by atoms with Gasteiger partial charge in [0.2, 0.25) is 0 Å². The quantitative estimate of drug-likeness (QED) is 0.224. The lowest BCUT2D eigenvalue weighted by atomic mass is 10.0.